The molecule has 0 saturated heterocycles. The average Bonchev–Trinajstić information content (AvgIpc) is 2.74. The fourth-order valence-electron chi connectivity index (χ4n) is 1.44. The van der Waals surface area contributed by atoms with E-state index in [2.05, 4.69) is 15.7 Å². The lowest BCUT2D eigenvalue weighted by Gasteiger charge is -2.20. The number of thiocarbonyl (C=S) groups is 1. The summed E-state index contributed by atoms with van der Waals surface area (Å²) in [4.78, 5) is 6.43. The largest absolute Gasteiger partial charge is 0.382 e. The number of hydrogen-bond donors (Lipinski definition) is 1. The first kappa shape index (κ1) is 15.3. The first-order chi connectivity index (χ1) is 8.63. The van der Waals surface area contributed by atoms with Gasteiger partial charge in [-0.15, -0.1) is 11.3 Å². The van der Waals surface area contributed by atoms with Crippen LogP contribution in [-0.2, 0) is 11.3 Å². The van der Waals surface area contributed by atoms with Gasteiger partial charge in [0.05, 0.1) is 17.2 Å². The molecule has 1 heterocycles. The van der Waals surface area contributed by atoms with Crippen LogP contribution in [0.3, 0.4) is 0 Å². The summed E-state index contributed by atoms with van der Waals surface area (Å²) in [5.41, 5.74) is 1.07. The lowest BCUT2D eigenvalue weighted by molar-refractivity contribution is 0.145. The van der Waals surface area contributed by atoms with Crippen LogP contribution in [0.2, 0.25) is 0 Å². The maximum atomic E-state index is 5.31. The van der Waals surface area contributed by atoms with E-state index in [1.54, 1.807) is 11.3 Å². The lowest BCUT2D eigenvalue weighted by Crippen LogP contribution is -2.37. The zero-order valence-electron chi connectivity index (χ0n) is 11.2. The molecule has 1 N–H and O–H groups in total. The highest BCUT2D eigenvalue weighted by atomic mass is 32.1. The molecular formula is C12H21N3OS2. The summed E-state index contributed by atoms with van der Waals surface area (Å²) >= 11 is 6.98. The second-order valence-corrected chi connectivity index (χ2v) is 5.45. The molecule has 1 aromatic rings. The Bertz CT molecular complexity index is 368. The number of rotatable bonds is 7. The summed E-state index contributed by atoms with van der Waals surface area (Å²) in [5, 5.41) is 7.15. The van der Waals surface area contributed by atoms with Gasteiger partial charge in [0.15, 0.2) is 5.11 Å². The third-order valence-electron chi connectivity index (χ3n) is 2.36. The molecule has 0 radical (unpaired) electrons. The second-order valence-electron chi connectivity index (χ2n) is 4.00. The Morgan fingerprint density at radius 1 is 1.61 bits per heavy atom. The summed E-state index contributed by atoms with van der Waals surface area (Å²) in [5.74, 6) is 0. The van der Waals surface area contributed by atoms with E-state index in [4.69, 9.17) is 17.0 Å². The predicted octanol–water partition coefficient (Wildman–Crippen LogP) is 2.18. The predicted molar refractivity (Wildman–Crippen MR) is 80.0 cm³/mol. The fourth-order valence-corrected chi connectivity index (χ4v) is 2.21. The molecule has 0 saturated carbocycles. The van der Waals surface area contributed by atoms with Gasteiger partial charge < -0.3 is 15.0 Å². The third-order valence-corrected chi connectivity index (χ3v) is 3.64. The Morgan fingerprint density at radius 3 is 3.00 bits per heavy atom. The summed E-state index contributed by atoms with van der Waals surface area (Å²) in [6.07, 6.45) is 0.970. The number of ether oxygens (including phenoxy) is 1. The number of nitrogens with one attached hydrogen (secondary N) is 1. The van der Waals surface area contributed by atoms with Crippen LogP contribution in [0.1, 0.15) is 24.0 Å². The van der Waals surface area contributed by atoms with E-state index in [0.29, 0.717) is 0 Å². The van der Waals surface area contributed by atoms with Gasteiger partial charge in [-0.1, -0.05) is 0 Å². The number of thiazole rings is 1. The van der Waals surface area contributed by atoms with Crippen molar-refractivity contribution in [1.82, 2.24) is 15.2 Å². The molecule has 0 spiro atoms. The molecule has 4 nitrogen and oxygen atoms in total. The molecule has 18 heavy (non-hydrogen) atoms. The summed E-state index contributed by atoms with van der Waals surface area (Å²) in [6.45, 7) is 7.16. The van der Waals surface area contributed by atoms with Crippen molar-refractivity contribution in [2.45, 2.75) is 26.8 Å². The summed E-state index contributed by atoms with van der Waals surface area (Å²) < 4.78 is 5.27. The Balaban J connectivity index is 2.20. The van der Waals surface area contributed by atoms with Crippen molar-refractivity contribution in [3.05, 3.63) is 16.1 Å². The topological polar surface area (TPSA) is 37.4 Å². The van der Waals surface area contributed by atoms with Gasteiger partial charge in [0.25, 0.3) is 0 Å². The Morgan fingerprint density at radius 2 is 2.39 bits per heavy atom. The van der Waals surface area contributed by atoms with Gasteiger partial charge in [-0.25, -0.2) is 4.98 Å². The van der Waals surface area contributed by atoms with Crippen LogP contribution < -0.4 is 5.32 Å². The minimum Gasteiger partial charge on any atom is -0.382 e. The van der Waals surface area contributed by atoms with E-state index in [-0.39, 0.29) is 0 Å². The maximum absolute atomic E-state index is 5.31. The molecule has 0 aromatic carbocycles. The maximum Gasteiger partial charge on any atom is 0.169 e. The van der Waals surface area contributed by atoms with Crippen LogP contribution in [-0.4, -0.2) is 41.8 Å². The smallest absolute Gasteiger partial charge is 0.169 e. The first-order valence-electron chi connectivity index (χ1n) is 6.11. The number of hydrogen-bond acceptors (Lipinski definition) is 4. The van der Waals surface area contributed by atoms with Crippen molar-refractivity contribution < 1.29 is 4.74 Å². The van der Waals surface area contributed by atoms with Gasteiger partial charge in [0.1, 0.15) is 0 Å². The molecule has 1 aromatic heterocycles. The van der Waals surface area contributed by atoms with Crippen LogP contribution in [0.5, 0.6) is 0 Å². The molecule has 0 unspecified atom stereocenters. The van der Waals surface area contributed by atoms with E-state index >= 15 is 0 Å². The molecule has 0 aliphatic carbocycles. The van der Waals surface area contributed by atoms with Gasteiger partial charge in [0.2, 0.25) is 0 Å². The van der Waals surface area contributed by atoms with Gasteiger partial charge in [-0.2, -0.15) is 0 Å². The molecular weight excluding hydrogens is 266 g/mol. The van der Waals surface area contributed by atoms with Crippen molar-refractivity contribution in [3.8, 4) is 0 Å². The monoisotopic (exact) mass is 287 g/mol. The van der Waals surface area contributed by atoms with Crippen LogP contribution in [0.15, 0.2) is 5.38 Å². The first-order valence-corrected chi connectivity index (χ1v) is 7.40. The Kier molecular flexibility index (Phi) is 7.15. The number of aromatic nitrogens is 1. The standard InChI is InChI=1S/C12H21N3OS2/c1-4-16-7-5-6-13-12(17)15(3)8-11-9-18-10(2)14-11/h9H,4-8H2,1-3H3,(H,13,17). The van der Waals surface area contributed by atoms with Crippen molar-refractivity contribution in [3.63, 3.8) is 0 Å². The fraction of sp³-hybridized carbons (Fsp3) is 0.667. The van der Waals surface area contributed by atoms with Gasteiger partial charge in [-0.05, 0) is 32.5 Å². The number of nitrogens with zero attached hydrogens (tertiary/aromatic N) is 2. The molecule has 6 heteroatoms. The minimum atomic E-state index is 0.752. The molecule has 0 bridgehead atoms. The van der Waals surface area contributed by atoms with Crippen molar-refractivity contribution in [1.29, 1.82) is 0 Å². The van der Waals surface area contributed by atoms with Crippen LogP contribution >= 0.6 is 23.6 Å². The second kappa shape index (κ2) is 8.39. The molecule has 0 amide bonds. The number of aryl methyl sites for hydroxylation is 1. The van der Waals surface area contributed by atoms with Crippen molar-refractivity contribution in [2.75, 3.05) is 26.8 Å². The highest BCUT2D eigenvalue weighted by Crippen LogP contribution is 2.09. The normalized spacial score (nSPS) is 10.4. The highest BCUT2D eigenvalue weighted by molar-refractivity contribution is 7.80. The van der Waals surface area contributed by atoms with Gasteiger partial charge in [-0.3, -0.25) is 0 Å². The van der Waals surface area contributed by atoms with E-state index in [0.717, 1.165) is 48.5 Å². The summed E-state index contributed by atoms with van der Waals surface area (Å²) in [7, 11) is 1.98. The van der Waals surface area contributed by atoms with E-state index < -0.39 is 0 Å². The summed E-state index contributed by atoms with van der Waals surface area (Å²) in [6, 6.07) is 0. The van der Waals surface area contributed by atoms with Crippen LogP contribution in [0, 0.1) is 6.92 Å². The average molecular weight is 287 g/mol. The Hall–Kier alpha value is -0.720. The quantitative estimate of drug-likeness (QED) is 0.614. The zero-order chi connectivity index (χ0) is 13.4. The van der Waals surface area contributed by atoms with Crippen LogP contribution in [0.4, 0.5) is 0 Å². The molecule has 1 rings (SSSR count). The molecule has 0 aliphatic heterocycles. The van der Waals surface area contributed by atoms with E-state index in [9.17, 15) is 0 Å². The Labute approximate surface area is 118 Å². The van der Waals surface area contributed by atoms with Gasteiger partial charge in [0, 0.05) is 32.2 Å². The van der Waals surface area contributed by atoms with Crippen molar-refractivity contribution >= 4 is 28.7 Å². The highest BCUT2D eigenvalue weighted by Gasteiger charge is 2.06. The van der Waals surface area contributed by atoms with E-state index in [1.165, 1.54) is 0 Å². The zero-order valence-corrected chi connectivity index (χ0v) is 12.9. The van der Waals surface area contributed by atoms with E-state index in [1.807, 2.05) is 25.8 Å². The van der Waals surface area contributed by atoms with Crippen molar-refractivity contribution in [2.24, 2.45) is 0 Å². The lowest BCUT2D eigenvalue weighted by atomic mass is 10.4. The molecule has 102 valence electrons. The van der Waals surface area contributed by atoms with Gasteiger partial charge >= 0.3 is 0 Å². The molecule has 0 fully saturated rings. The third kappa shape index (κ3) is 5.75. The van der Waals surface area contributed by atoms with Crippen LogP contribution in [0.25, 0.3) is 0 Å². The molecule has 0 atom stereocenters. The SMILES string of the molecule is CCOCCCNC(=S)N(C)Cc1csc(C)n1. The molecule has 0 aliphatic rings. The minimum absolute atomic E-state index is 0.752.